The fraction of sp³-hybridized carbons (Fsp3) is 0.647. The quantitative estimate of drug-likeness (QED) is 0.778. The highest BCUT2D eigenvalue weighted by molar-refractivity contribution is 5.28. The lowest BCUT2D eigenvalue weighted by atomic mass is 9.98. The maximum Gasteiger partial charge on any atom is 0.119 e. The van der Waals surface area contributed by atoms with E-state index in [1.807, 2.05) is 0 Å². The van der Waals surface area contributed by atoms with Crippen molar-refractivity contribution in [2.75, 3.05) is 26.2 Å². The molecule has 2 N–H and O–H groups in total. The zero-order valence-electron chi connectivity index (χ0n) is 12.7. The molecule has 0 radical (unpaired) electrons. The van der Waals surface area contributed by atoms with Crippen molar-refractivity contribution in [1.29, 1.82) is 0 Å². The molecule has 0 aliphatic carbocycles. The number of piperidine rings is 1. The van der Waals surface area contributed by atoms with Crippen LogP contribution in [0, 0.1) is 5.92 Å². The Morgan fingerprint density at radius 3 is 3.10 bits per heavy atom. The molecule has 1 aromatic rings. The molecule has 1 atom stereocenters. The first-order valence-electron chi connectivity index (χ1n) is 7.96. The lowest BCUT2D eigenvalue weighted by Crippen LogP contribution is -2.37. The Morgan fingerprint density at radius 2 is 2.30 bits per heavy atom. The van der Waals surface area contributed by atoms with Gasteiger partial charge in [-0.1, -0.05) is 25.5 Å². The van der Waals surface area contributed by atoms with Crippen molar-refractivity contribution in [2.24, 2.45) is 11.7 Å². The maximum atomic E-state index is 5.80. The molecule has 1 aliphatic heterocycles. The van der Waals surface area contributed by atoms with Gasteiger partial charge in [0.2, 0.25) is 0 Å². The van der Waals surface area contributed by atoms with E-state index in [1.54, 1.807) is 0 Å². The Balaban J connectivity index is 1.87. The number of likely N-dealkylation sites (tertiary alicyclic amines) is 1. The second-order valence-electron chi connectivity index (χ2n) is 5.83. The normalized spacial score (nSPS) is 20.0. The molecule has 1 heterocycles. The average molecular weight is 276 g/mol. The zero-order valence-corrected chi connectivity index (χ0v) is 12.7. The molecular weight excluding hydrogens is 248 g/mol. The molecular formula is C17H28N2O. The summed E-state index contributed by atoms with van der Waals surface area (Å²) in [5.41, 5.74) is 7.15. The van der Waals surface area contributed by atoms with Crippen LogP contribution in [0.1, 0.15) is 38.2 Å². The topological polar surface area (TPSA) is 38.5 Å². The summed E-state index contributed by atoms with van der Waals surface area (Å²) in [6.07, 6.45) is 4.85. The van der Waals surface area contributed by atoms with Gasteiger partial charge >= 0.3 is 0 Å². The molecule has 1 saturated heterocycles. The van der Waals surface area contributed by atoms with Crippen molar-refractivity contribution >= 4 is 0 Å². The fourth-order valence-electron chi connectivity index (χ4n) is 2.81. The highest BCUT2D eigenvalue weighted by Crippen LogP contribution is 2.20. The predicted molar refractivity (Wildman–Crippen MR) is 83.9 cm³/mol. The number of nitrogens with two attached hydrogens (primary N) is 1. The summed E-state index contributed by atoms with van der Waals surface area (Å²) < 4.78 is 5.78. The van der Waals surface area contributed by atoms with Crippen LogP contribution in [0.5, 0.6) is 5.75 Å². The van der Waals surface area contributed by atoms with Gasteiger partial charge < -0.3 is 10.5 Å². The highest BCUT2D eigenvalue weighted by atomic mass is 16.5. The second kappa shape index (κ2) is 8.28. The molecule has 3 nitrogen and oxygen atoms in total. The number of nitrogens with zero attached hydrogens (tertiary/aromatic N) is 1. The maximum absolute atomic E-state index is 5.80. The van der Waals surface area contributed by atoms with Crippen LogP contribution in [-0.4, -0.2) is 31.1 Å². The van der Waals surface area contributed by atoms with Crippen LogP contribution < -0.4 is 10.5 Å². The van der Waals surface area contributed by atoms with E-state index in [2.05, 4.69) is 36.1 Å². The van der Waals surface area contributed by atoms with Gasteiger partial charge in [0.25, 0.3) is 0 Å². The first-order chi connectivity index (χ1) is 9.81. The lowest BCUT2D eigenvalue weighted by Gasteiger charge is -2.32. The Hall–Kier alpha value is -1.06. The summed E-state index contributed by atoms with van der Waals surface area (Å²) in [6.45, 7) is 7.16. The zero-order chi connectivity index (χ0) is 14.2. The lowest BCUT2D eigenvalue weighted by molar-refractivity contribution is 0.171. The van der Waals surface area contributed by atoms with Gasteiger partial charge in [0, 0.05) is 13.1 Å². The number of benzene rings is 1. The van der Waals surface area contributed by atoms with Gasteiger partial charge in [-0.3, -0.25) is 4.90 Å². The average Bonchev–Trinajstić information content (AvgIpc) is 2.48. The molecule has 1 unspecified atom stereocenters. The second-order valence-corrected chi connectivity index (χ2v) is 5.83. The van der Waals surface area contributed by atoms with E-state index >= 15 is 0 Å². The molecule has 0 aromatic heterocycles. The SMILES string of the molecule is CCCCOc1cccc(CN2CCCC(CN)C2)c1. The molecule has 1 aliphatic rings. The van der Waals surface area contributed by atoms with Crippen molar-refractivity contribution < 1.29 is 4.74 Å². The van der Waals surface area contributed by atoms with Crippen LogP contribution in [0.15, 0.2) is 24.3 Å². The molecule has 0 amide bonds. The number of hydrogen-bond acceptors (Lipinski definition) is 3. The van der Waals surface area contributed by atoms with Crippen LogP contribution in [0.2, 0.25) is 0 Å². The third-order valence-electron chi connectivity index (χ3n) is 4.01. The molecule has 3 heteroatoms. The van der Waals surface area contributed by atoms with Crippen molar-refractivity contribution in [1.82, 2.24) is 4.90 Å². The van der Waals surface area contributed by atoms with E-state index in [0.717, 1.165) is 38.4 Å². The molecule has 1 fully saturated rings. The van der Waals surface area contributed by atoms with E-state index in [9.17, 15) is 0 Å². The minimum atomic E-state index is 0.674. The molecule has 2 rings (SSSR count). The van der Waals surface area contributed by atoms with Crippen molar-refractivity contribution in [3.63, 3.8) is 0 Å². The van der Waals surface area contributed by atoms with Gasteiger partial charge in [0.05, 0.1) is 6.61 Å². The summed E-state index contributed by atoms with van der Waals surface area (Å²) in [5.74, 6) is 1.68. The van der Waals surface area contributed by atoms with Crippen LogP contribution in [0.4, 0.5) is 0 Å². The van der Waals surface area contributed by atoms with Gasteiger partial charge in [-0.15, -0.1) is 0 Å². The van der Waals surface area contributed by atoms with Crippen molar-refractivity contribution in [2.45, 2.75) is 39.2 Å². The van der Waals surface area contributed by atoms with E-state index in [-0.39, 0.29) is 0 Å². The fourth-order valence-corrected chi connectivity index (χ4v) is 2.81. The smallest absolute Gasteiger partial charge is 0.119 e. The summed E-state index contributed by atoms with van der Waals surface area (Å²) in [6, 6.07) is 8.53. The Morgan fingerprint density at radius 1 is 1.40 bits per heavy atom. The number of hydrogen-bond donors (Lipinski definition) is 1. The molecule has 112 valence electrons. The Bertz CT molecular complexity index is 394. The molecule has 0 bridgehead atoms. The standard InChI is InChI=1S/C17H28N2O/c1-2-3-10-20-17-8-4-6-15(11-17)13-19-9-5-7-16(12-18)14-19/h4,6,8,11,16H,2-3,5,7,9-10,12-14,18H2,1H3. The van der Waals surface area contributed by atoms with E-state index in [1.165, 1.54) is 31.4 Å². The first-order valence-corrected chi connectivity index (χ1v) is 7.96. The summed E-state index contributed by atoms with van der Waals surface area (Å²) in [7, 11) is 0. The summed E-state index contributed by atoms with van der Waals surface area (Å²) in [5, 5.41) is 0. The van der Waals surface area contributed by atoms with Crippen LogP contribution in [-0.2, 0) is 6.54 Å². The first kappa shape index (κ1) is 15.3. The van der Waals surface area contributed by atoms with Crippen molar-refractivity contribution in [3.05, 3.63) is 29.8 Å². The Kier molecular flexibility index (Phi) is 6.34. The van der Waals surface area contributed by atoms with E-state index in [0.29, 0.717) is 5.92 Å². The van der Waals surface area contributed by atoms with Gasteiger partial charge in [0.15, 0.2) is 0 Å². The van der Waals surface area contributed by atoms with Gasteiger partial charge in [-0.2, -0.15) is 0 Å². The number of rotatable bonds is 7. The van der Waals surface area contributed by atoms with Crippen LogP contribution >= 0.6 is 0 Å². The summed E-state index contributed by atoms with van der Waals surface area (Å²) in [4.78, 5) is 2.52. The third-order valence-corrected chi connectivity index (χ3v) is 4.01. The van der Waals surface area contributed by atoms with Gasteiger partial charge in [-0.25, -0.2) is 0 Å². The minimum Gasteiger partial charge on any atom is -0.494 e. The molecule has 1 aromatic carbocycles. The number of unbranched alkanes of at least 4 members (excludes halogenated alkanes) is 1. The molecule has 0 spiro atoms. The van der Waals surface area contributed by atoms with E-state index < -0.39 is 0 Å². The minimum absolute atomic E-state index is 0.674. The molecule has 20 heavy (non-hydrogen) atoms. The number of ether oxygens (including phenoxy) is 1. The van der Waals surface area contributed by atoms with E-state index in [4.69, 9.17) is 10.5 Å². The van der Waals surface area contributed by atoms with Crippen LogP contribution in [0.3, 0.4) is 0 Å². The Labute approximate surface area is 123 Å². The molecule has 0 saturated carbocycles. The third kappa shape index (κ3) is 4.80. The summed E-state index contributed by atoms with van der Waals surface area (Å²) >= 11 is 0. The monoisotopic (exact) mass is 276 g/mol. The predicted octanol–water partition coefficient (Wildman–Crippen LogP) is 3.04. The van der Waals surface area contributed by atoms with Crippen LogP contribution in [0.25, 0.3) is 0 Å². The van der Waals surface area contributed by atoms with Gasteiger partial charge in [0.1, 0.15) is 5.75 Å². The largest absolute Gasteiger partial charge is 0.494 e. The highest BCUT2D eigenvalue weighted by Gasteiger charge is 2.18. The van der Waals surface area contributed by atoms with Gasteiger partial charge in [-0.05, 0) is 56.0 Å². The van der Waals surface area contributed by atoms with Crippen molar-refractivity contribution in [3.8, 4) is 5.75 Å².